The molecule has 1 aliphatic rings. The first-order valence-electron chi connectivity index (χ1n) is 10.3. The van der Waals surface area contributed by atoms with Crippen LogP contribution in [0.1, 0.15) is 38.8 Å². The second kappa shape index (κ2) is 9.08. The van der Waals surface area contributed by atoms with E-state index < -0.39 is 17.9 Å². The molecule has 0 aliphatic heterocycles. The van der Waals surface area contributed by atoms with E-state index in [2.05, 4.69) is 10.4 Å². The fourth-order valence-corrected chi connectivity index (χ4v) is 4.70. The molecule has 4 rings (SSSR count). The molecule has 0 fully saturated rings. The van der Waals surface area contributed by atoms with E-state index in [9.17, 15) is 9.59 Å². The number of hydrogen-bond acceptors (Lipinski definition) is 5. The number of ketones is 1. The molecule has 3 aromatic rings. The highest BCUT2D eigenvalue weighted by atomic mass is 35.5. The Morgan fingerprint density at radius 1 is 1.09 bits per heavy atom. The van der Waals surface area contributed by atoms with E-state index >= 15 is 0 Å². The van der Waals surface area contributed by atoms with Crippen molar-refractivity contribution < 1.29 is 19.1 Å². The van der Waals surface area contributed by atoms with E-state index in [1.54, 1.807) is 35.0 Å². The topological polar surface area (TPSA) is 82.5 Å². The quantitative estimate of drug-likeness (QED) is 0.585. The van der Waals surface area contributed by atoms with Crippen LogP contribution in [0.5, 0.6) is 11.5 Å². The van der Waals surface area contributed by atoms with Gasteiger partial charge >= 0.3 is 0 Å². The van der Waals surface area contributed by atoms with Gasteiger partial charge in [-0.2, -0.15) is 5.10 Å². The zero-order valence-corrected chi connectivity index (χ0v) is 20.1. The lowest BCUT2D eigenvalue weighted by atomic mass is 9.76. The SMILES string of the molecule is COc1ccc(C(=O)N[C@@H]2C(=O)Cc3c(c(C)nn3C)[C@H]2c2ccc(Cl)c(Cl)c2)cc1OC. The Kier molecular flexibility index (Phi) is 6.36. The highest BCUT2D eigenvalue weighted by molar-refractivity contribution is 6.42. The van der Waals surface area contributed by atoms with E-state index in [0.717, 1.165) is 22.5 Å². The van der Waals surface area contributed by atoms with Gasteiger partial charge in [-0.3, -0.25) is 14.3 Å². The molecule has 0 unspecified atom stereocenters. The van der Waals surface area contributed by atoms with Gasteiger partial charge in [-0.05, 0) is 42.8 Å². The zero-order chi connectivity index (χ0) is 23.9. The van der Waals surface area contributed by atoms with E-state index in [1.807, 2.05) is 20.0 Å². The van der Waals surface area contributed by atoms with Crippen LogP contribution in [0.3, 0.4) is 0 Å². The van der Waals surface area contributed by atoms with Crippen LogP contribution in [-0.4, -0.2) is 41.7 Å². The third-order valence-electron chi connectivity index (χ3n) is 5.96. The average Bonchev–Trinajstić information content (AvgIpc) is 3.08. The molecule has 7 nitrogen and oxygen atoms in total. The summed E-state index contributed by atoms with van der Waals surface area (Å²) in [6.07, 6.45) is 0.168. The molecular weight excluding hydrogens is 465 g/mol. The number of benzene rings is 2. The van der Waals surface area contributed by atoms with Crippen LogP contribution in [0, 0.1) is 6.92 Å². The summed E-state index contributed by atoms with van der Waals surface area (Å²) in [5, 5.41) is 8.24. The van der Waals surface area contributed by atoms with E-state index in [0.29, 0.717) is 27.1 Å². The molecule has 172 valence electrons. The molecule has 0 bridgehead atoms. The van der Waals surface area contributed by atoms with Gasteiger partial charge in [-0.25, -0.2) is 0 Å². The number of amides is 1. The van der Waals surface area contributed by atoms with Crippen molar-refractivity contribution >= 4 is 34.9 Å². The summed E-state index contributed by atoms with van der Waals surface area (Å²) in [5.74, 6) is -0.0489. The second-order valence-corrected chi connectivity index (χ2v) is 8.70. The molecule has 9 heteroatoms. The van der Waals surface area contributed by atoms with Crippen LogP contribution in [0.4, 0.5) is 0 Å². The number of nitrogens with zero attached hydrogens (tertiary/aromatic N) is 2. The van der Waals surface area contributed by atoms with Crippen molar-refractivity contribution in [3.05, 3.63) is 74.5 Å². The van der Waals surface area contributed by atoms with Gasteiger partial charge < -0.3 is 14.8 Å². The number of halogens is 2. The number of Topliss-reactive ketones (excluding diaryl/α,β-unsaturated/α-hetero) is 1. The Morgan fingerprint density at radius 3 is 2.48 bits per heavy atom. The number of aromatic nitrogens is 2. The molecule has 2 aromatic carbocycles. The third-order valence-corrected chi connectivity index (χ3v) is 6.70. The fraction of sp³-hybridized carbons (Fsp3) is 0.292. The Hall–Kier alpha value is -3.03. The summed E-state index contributed by atoms with van der Waals surface area (Å²) >= 11 is 12.4. The van der Waals surface area contributed by atoms with E-state index in [4.69, 9.17) is 32.7 Å². The van der Waals surface area contributed by atoms with Crippen molar-refractivity contribution in [2.24, 2.45) is 7.05 Å². The summed E-state index contributed by atoms with van der Waals surface area (Å²) in [6, 6.07) is 9.29. The van der Waals surface area contributed by atoms with Gasteiger partial charge in [0.2, 0.25) is 0 Å². The number of carbonyl (C=O) groups is 2. The molecule has 1 heterocycles. The Balaban J connectivity index is 1.77. The molecule has 0 saturated carbocycles. The molecule has 0 spiro atoms. The number of methoxy groups -OCH3 is 2. The molecule has 33 heavy (non-hydrogen) atoms. The first-order valence-corrected chi connectivity index (χ1v) is 11.0. The van der Waals surface area contributed by atoms with Crippen LogP contribution in [0.25, 0.3) is 0 Å². The van der Waals surface area contributed by atoms with Crippen LogP contribution < -0.4 is 14.8 Å². The maximum absolute atomic E-state index is 13.3. The lowest BCUT2D eigenvalue weighted by Crippen LogP contribution is -2.48. The van der Waals surface area contributed by atoms with Gasteiger partial charge in [-0.1, -0.05) is 29.3 Å². The zero-order valence-electron chi connectivity index (χ0n) is 18.6. The monoisotopic (exact) mass is 487 g/mol. The molecule has 1 N–H and O–H groups in total. The standard InChI is InChI=1S/C24H23Cl2N3O4/c1-12-21-17(29(2)28-12)11-18(30)23(22(21)13-5-7-15(25)16(26)9-13)27-24(31)14-6-8-19(32-3)20(10-14)33-4/h5-10,22-23H,11H2,1-4H3,(H,27,31)/t22-,23-/m1/s1. The highest BCUT2D eigenvalue weighted by Crippen LogP contribution is 2.39. The molecule has 1 aliphatic carbocycles. The van der Waals surface area contributed by atoms with Gasteiger partial charge in [0.15, 0.2) is 17.3 Å². The number of rotatable bonds is 5. The molecule has 1 aromatic heterocycles. The summed E-state index contributed by atoms with van der Waals surface area (Å²) in [4.78, 5) is 26.5. The number of carbonyl (C=O) groups excluding carboxylic acids is 2. The fourth-order valence-electron chi connectivity index (χ4n) is 4.39. The van der Waals surface area contributed by atoms with Crippen molar-refractivity contribution in [2.75, 3.05) is 14.2 Å². The van der Waals surface area contributed by atoms with E-state index in [-0.39, 0.29) is 12.2 Å². The van der Waals surface area contributed by atoms with Gasteiger partial charge in [-0.15, -0.1) is 0 Å². The molecule has 0 saturated heterocycles. The van der Waals surface area contributed by atoms with Gasteiger partial charge in [0.25, 0.3) is 5.91 Å². The summed E-state index contributed by atoms with van der Waals surface area (Å²) in [6.45, 7) is 1.90. The summed E-state index contributed by atoms with van der Waals surface area (Å²) < 4.78 is 12.3. The number of fused-ring (bicyclic) bond motifs is 1. The van der Waals surface area contributed by atoms with Crippen LogP contribution in [-0.2, 0) is 18.3 Å². The van der Waals surface area contributed by atoms with Crippen molar-refractivity contribution in [3.63, 3.8) is 0 Å². The smallest absolute Gasteiger partial charge is 0.252 e. The largest absolute Gasteiger partial charge is 0.493 e. The number of hydrogen-bond donors (Lipinski definition) is 1. The summed E-state index contributed by atoms with van der Waals surface area (Å²) in [5.41, 5.74) is 3.65. The highest BCUT2D eigenvalue weighted by Gasteiger charge is 2.41. The van der Waals surface area contributed by atoms with Crippen LogP contribution in [0.15, 0.2) is 36.4 Å². The molecule has 0 radical (unpaired) electrons. The van der Waals surface area contributed by atoms with Gasteiger partial charge in [0, 0.05) is 29.8 Å². The Bertz CT molecular complexity index is 1250. The number of aryl methyl sites for hydroxylation is 2. The molecular formula is C24H23Cl2N3O4. The average molecular weight is 488 g/mol. The lowest BCUT2D eigenvalue weighted by molar-refractivity contribution is -0.121. The number of ether oxygens (including phenoxy) is 2. The second-order valence-electron chi connectivity index (χ2n) is 7.88. The van der Waals surface area contributed by atoms with Gasteiger partial charge in [0.1, 0.15) is 0 Å². The molecule has 1 amide bonds. The first-order chi connectivity index (χ1) is 15.7. The maximum Gasteiger partial charge on any atom is 0.252 e. The molecule has 2 atom stereocenters. The minimum Gasteiger partial charge on any atom is -0.493 e. The van der Waals surface area contributed by atoms with E-state index in [1.165, 1.54) is 14.2 Å². The Labute approximate surface area is 201 Å². The lowest BCUT2D eigenvalue weighted by Gasteiger charge is -2.32. The van der Waals surface area contributed by atoms with Crippen molar-refractivity contribution in [3.8, 4) is 11.5 Å². The van der Waals surface area contributed by atoms with Crippen molar-refractivity contribution in [2.45, 2.75) is 25.3 Å². The normalized spacial score (nSPS) is 17.5. The minimum atomic E-state index is -0.807. The minimum absolute atomic E-state index is 0.115. The number of nitrogens with one attached hydrogen (secondary N) is 1. The Morgan fingerprint density at radius 2 is 1.82 bits per heavy atom. The van der Waals surface area contributed by atoms with Crippen molar-refractivity contribution in [1.29, 1.82) is 0 Å². The van der Waals surface area contributed by atoms with Crippen molar-refractivity contribution in [1.82, 2.24) is 15.1 Å². The maximum atomic E-state index is 13.3. The predicted molar refractivity (Wildman–Crippen MR) is 126 cm³/mol. The predicted octanol–water partition coefficient (Wildman–Crippen LogP) is 4.11. The summed E-state index contributed by atoms with van der Waals surface area (Å²) in [7, 11) is 4.83. The van der Waals surface area contributed by atoms with Gasteiger partial charge in [0.05, 0.1) is 42.4 Å². The van der Waals surface area contributed by atoms with Crippen LogP contribution >= 0.6 is 23.2 Å². The first kappa shape index (κ1) is 23.1. The third kappa shape index (κ3) is 4.18. The van der Waals surface area contributed by atoms with Crippen LogP contribution in [0.2, 0.25) is 10.0 Å².